The molecule has 0 radical (unpaired) electrons. The van der Waals surface area contributed by atoms with Crippen molar-refractivity contribution < 1.29 is 18.7 Å². The van der Waals surface area contributed by atoms with Gasteiger partial charge in [0.1, 0.15) is 30.3 Å². The monoisotopic (exact) mass is 463 g/mol. The molecule has 0 aliphatic rings. The van der Waals surface area contributed by atoms with Crippen LogP contribution in [-0.2, 0) is 16.0 Å². The van der Waals surface area contributed by atoms with Crippen molar-refractivity contribution in [3.05, 3.63) is 64.7 Å². The first-order valence-electron chi connectivity index (χ1n) is 9.47. The number of carbonyl (C=O) groups is 1. The molecule has 0 amide bonds. The number of carbonyl (C=O) groups excluding carboxylic acids is 1. The number of Topliss-reactive ketones (excluding diaryl/α,β-unsaturated/α-hetero) is 1. The van der Waals surface area contributed by atoms with E-state index in [1.807, 2.05) is 6.92 Å². The Hall–Kier alpha value is -2.74. The quantitative estimate of drug-likeness (QED) is 0.318. The highest BCUT2D eigenvalue weighted by atomic mass is 35.5. The molecule has 1 heterocycles. The number of benzene rings is 2. The number of halogens is 3. The third-order valence-corrected chi connectivity index (χ3v) is 4.84. The number of ketones is 1. The molecule has 162 valence electrons. The van der Waals surface area contributed by atoms with Crippen LogP contribution in [0.2, 0.25) is 5.02 Å². The van der Waals surface area contributed by atoms with Crippen molar-refractivity contribution >= 4 is 51.4 Å². The standard InChI is InChI=1S/C22H20Cl2FN3O3/c1-3-30-6-7-31-21-11-19-16(8-14(21)9-20(29)13(2)23)22(27-12-26-19)28-15-4-5-18(25)17(24)10-15/h4-5,8,10-12H,2-3,6-7,9H2,1H3,(H,26,27,28). The lowest BCUT2D eigenvalue weighted by Crippen LogP contribution is -2.10. The summed E-state index contributed by atoms with van der Waals surface area (Å²) in [6.07, 6.45) is 1.39. The minimum atomic E-state index is -0.518. The van der Waals surface area contributed by atoms with Gasteiger partial charge in [-0.2, -0.15) is 0 Å². The molecule has 3 aromatic rings. The first-order valence-corrected chi connectivity index (χ1v) is 10.2. The summed E-state index contributed by atoms with van der Waals surface area (Å²) in [7, 11) is 0. The van der Waals surface area contributed by atoms with E-state index in [9.17, 15) is 9.18 Å². The first kappa shape index (κ1) is 22.9. The second kappa shape index (κ2) is 10.5. The predicted molar refractivity (Wildman–Crippen MR) is 120 cm³/mol. The molecule has 0 saturated carbocycles. The smallest absolute Gasteiger partial charge is 0.178 e. The molecule has 9 heteroatoms. The van der Waals surface area contributed by atoms with Gasteiger partial charge in [-0.25, -0.2) is 14.4 Å². The molecular formula is C22H20Cl2FN3O3. The fourth-order valence-electron chi connectivity index (χ4n) is 2.84. The Bertz CT molecular complexity index is 1120. The largest absolute Gasteiger partial charge is 0.491 e. The van der Waals surface area contributed by atoms with Gasteiger partial charge in [0, 0.05) is 35.7 Å². The Kier molecular flexibility index (Phi) is 7.79. The van der Waals surface area contributed by atoms with Crippen molar-refractivity contribution in [2.24, 2.45) is 0 Å². The maximum Gasteiger partial charge on any atom is 0.178 e. The third-order valence-electron chi connectivity index (χ3n) is 4.34. The van der Waals surface area contributed by atoms with Crippen LogP contribution in [-0.4, -0.2) is 35.6 Å². The number of aromatic nitrogens is 2. The molecule has 0 aliphatic heterocycles. The lowest BCUT2D eigenvalue weighted by molar-refractivity contribution is -0.114. The summed E-state index contributed by atoms with van der Waals surface area (Å²) in [4.78, 5) is 20.8. The van der Waals surface area contributed by atoms with Crippen LogP contribution in [0.1, 0.15) is 12.5 Å². The van der Waals surface area contributed by atoms with E-state index in [-0.39, 0.29) is 22.3 Å². The molecule has 0 atom stereocenters. The number of fused-ring (bicyclic) bond motifs is 1. The van der Waals surface area contributed by atoms with Crippen LogP contribution < -0.4 is 10.1 Å². The number of rotatable bonds is 10. The van der Waals surface area contributed by atoms with E-state index in [0.717, 1.165) is 0 Å². The first-order chi connectivity index (χ1) is 14.9. The summed E-state index contributed by atoms with van der Waals surface area (Å²) in [6, 6.07) is 7.75. The van der Waals surface area contributed by atoms with Crippen molar-refractivity contribution in [3.8, 4) is 5.75 Å². The average molecular weight is 464 g/mol. The summed E-state index contributed by atoms with van der Waals surface area (Å²) in [5.74, 6) is 0.114. The van der Waals surface area contributed by atoms with Gasteiger partial charge in [-0.3, -0.25) is 4.79 Å². The summed E-state index contributed by atoms with van der Waals surface area (Å²) in [6.45, 7) is 6.69. The zero-order valence-corrected chi connectivity index (χ0v) is 18.3. The van der Waals surface area contributed by atoms with Gasteiger partial charge in [0.2, 0.25) is 0 Å². The van der Waals surface area contributed by atoms with E-state index in [1.165, 1.54) is 18.5 Å². The number of nitrogens with one attached hydrogen (secondary N) is 1. The van der Waals surface area contributed by atoms with Crippen LogP contribution in [0.5, 0.6) is 5.75 Å². The number of anilines is 2. The van der Waals surface area contributed by atoms with Crippen molar-refractivity contribution in [1.29, 1.82) is 0 Å². The Balaban J connectivity index is 1.99. The zero-order chi connectivity index (χ0) is 22.4. The minimum absolute atomic E-state index is 0.00104. The zero-order valence-electron chi connectivity index (χ0n) is 16.8. The Morgan fingerprint density at radius 2 is 2.03 bits per heavy atom. The van der Waals surface area contributed by atoms with Gasteiger partial charge < -0.3 is 14.8 Å². The number of nitrogens with zero attached hydrogens (tertiary/aromatic N) is 2. The lowest BCUT2D eigenvalue weighted by atomic mass is 10.0. The molecule has 31 heavy (non-hydrogen) atoms. The van der Waals surface area contributed by atoms with Gasteiger partial charge in [-0.15, -0.1) is 0 Å². The fraction of sp³-hybridized carbons (Fsp3) is 0.227. The highest BCUT2D eigenvalue weighted by Gasteiger charge is 2.15. The van der Waals surface area contributed by atoms with Gasteiger partial charge in [0.15, 0.2) is 5.78 Å². The van der Waals surface area contributed by atoms with Crippen molar-refractivity contribution in [2.45, 2.75) is 13.3 Å². The Morgan fingerprint density at radius 3 is 2.74 bits per heavy atom. The van der Waals surface area contributed by atoms with Gasteiger partial charge >= 0.3 is 0 Å². The van der Waals surface area contributed by atoms with Crippen LogP contribution in [0.25, 0.3) is 10.9 Å². The molecule has 0 unspecified atom stereocenters. The molecular weight excluding hydrogens is 444 g/mol. The van der Waals surface area contributed by atoms with E-state index in [2.05, 4.69) is 21.9 Å². The number of ether oxygens (including phenoxy) is 2. The van der Waals surface area contributed by atoms with E-state index >= 15 is 0 Å². The average Bonchev–Trinajstić information content (AvgIpc) is 2.74. The molecule has 0 fully saturated rings. The summed E-state index contributed by atoms with van der Waals surface area (Å²) >= 11 is 11.6. The van der Waals surface area contributed by atoms with Gasteiger partial charge in [0.25, 0.3) is 0 Å². The molecule has 0 aliphatic carbocycles. The maximum atomic E-state index is 13.5. The molecule has 1 N–H and O–H groups in total. The normalized spacial score (nSPS) is 10.8. The van der Waals surface area contributed by atoms with Crippen LogP contribution in [0.4, 0.5) is 15.9 Å². The number of hydrogen-bond donors (Lipinski definition) is 1. The molecule has 0 spiro atoms. The molecule has 6 nitrogen and oxygen atoms in total. The summed E-state index contributed by atoms with van der Waals surface area (Å²) in [5.41, 5.74) is 1.75. The predicted octanol–water partition coefficient (Wildman–Crippen LogP) is 5.45. The van der Waals surface area contributed by atoms with Crippen LogP contribution in [0.3, 0.4) is 0 Å². The molecule has 0 saturated heterocycles. The van der Waals surface area contributed by atoms with Gasteiger partial charge in [-0.05, 0) is 31.2 Å². The third kappa shape index (κ3) is 5.91. The molecule has 2 aromatic carbocycles. The highest BCUT2D eigenvalue weighted by Crippen LogP contribution is 2.31. The maximum absolute atomic E-state index is 13.5. The van der Waals surface area contributed by atoms with E-state index < -0.39 is 5.82 Å². The summed E-state index contributed by atoms with van der Waals surface area (Å²) in [5, 5.41) is 3.67. The van der Waals surface area contributed by atoms with Gasteiger partial charge in [-0.1, -0.05) is 29.8 Å². The van der Waals surface area contributed by atoms with Crippen LogP contribution in [0, 0.1) is 5.82 Å². The van der Waals surface area contributed by atoms with Gasteiger partial charge in [0.05, 0.1) is 22.2 Å². The lowest BCUT2D eigenvalue weighted by Gasteiger charge is -2.14. The number of hydrogen-bond acceptors (Lipinski definition) is 6. The highest BCUT2D eigenvalue weighted by molar-refractivity contribution is 6.42. The van der Waals surface area contributed by atoms with Crippen LogP contribution >= 0.6 is 23.2 Å². The van der Waals surface area contributed by atoms with Crippen LogP contribution in [0.15, 0.2) is 48.3 Å². The SMILES string of the molecule is C=C(Cl)C(=O)Cc1cc2c(Nc3ccc(F)c(Cl)c3)ncnc2cc1OCCOCC. The number of allylic oxidation sites excluding steroid dienone is 1. The van der Waals surface area contributed by atoms with Crippen molar-refractivity contribution in [3.63, 3.8) is 0 Å². The summed E-state index contributed by atoms with van der Waals surface area (Å²) < 4.78 is 24.6. The van der Waals surface area contributed by atoms with E-state index in [0.29, 0.717) is 53.5 Å². The van der Waals surface area contributed by atoms with E-state index in [4.69, 9.17) is 32.7 Å². The van der Waals surface area contributed by atoms with Crippen molar-refractivity contribution in [2.75, 3.05) is 25.1 Å². The molecule has 0 bridgehead atoms. The molecule has 3 rings (SSSR count). The van der Waals surface area contributed by atoms with Crippen molar-refractivity contribution in [1.82, 2.24) is 9.97 Å². The Labute approximate surface area is 189 Å². The second-order valence-electron chi connectivity index (χ2n) is 6.50. The topological polar surface area (TPSA) is 73.3 Å². The minimum Gasteiger partial charge on any atom is -0.491 e. The fourth-order valence-corrected chi connectivity index (χ4v) is 3.08. The second-order valence-corrected chi connectivity index (χ2v) is 7.37. The Morgan fingerprint density at radius 1 is 1.23 bits per heavy atom. The van der Waals surface area contributed by atoms with E-state index in [1.54, 1.807) is 18.2 Å². The molecule has 1 aromatic heterocycles.